The Bertz CT molecular complexity index is 638. The van der Waals surface area contributed by atoms with E-state index >= 15 is 0 Å². The van der Waals surface area contributed by atoms with E-state index in [2.05, 4.69) is 37.4 Å². The van der Waals surface area contributed by atoms with E-state index in [4.69, 9.17) is 5.73 Å². The van der Waals surface area contributed by atoms with Gasteiger partial charge in [-0.25, -0.2) is 0 Å². The van der Waals surface area contributed by atoms with Crippen molar-refractivity contribution in [1.82, 2.24) is 5.32 Å². The van der Waals surface area contributed by atoms with E-state index in [1.54, 1.807) is 0 Å². The molecule has 1 amide bonds. The minimum absolute atomic E-state index is 0. The summed E-state index contributed by atoms with van der Waals surface area (Å²) < 4.78 is 0. The third-order valence-electron chi connectivity index (χ3n) is 3.84. The molecule has 0 unspecified atom stereocenters. The van der Waals surface area contributed by atoms with Gasteiger partial charge in [-0.2, -0.15) is 0 Å². The molecule has 0 heterocycles. The highest BCUT2D eigenvalue weighted by molar-refractivity contribution is 5.85. The van der Waals surface area contributed by atoms with Crippen LogP contribution in [0.4, 0.5) is 5.69 Å². The topological polar surface area (TPSA) is 55.1 Å². The molecular formula is C19H25ClN2O. The number of benzene rings is 2. The Kier molecular flexibility index (Phi) is 7.63. The van der Waals surface area contributed by atoms with Crippen molar-refractivity contribution in [2.45, 2.75) is 33.1 Å². The van der Waals surface area contributed by atoms with Gasteiger partial charge in [0.1, 0.15) is 0 Å². The number of amides is 1. The van der Waals surface area contributed by atoms with Crippen LogP contribution in [-0.4, -0.2) is 12.5 Å². The summed E-state index contributed by atoms with van der Waals surface area (Å²) in [6.45, 7) is 4.84. The van der Waals surface area contributed by atoms with Gasteiger partial charge in [0.05, 0.1) is 0 Å². The molecule has 0 atom stereocenters. The molecule has 124 valence electrons. The van der Waals surface area contributed by atoms with Crippen molar-refractivity contribution in [3.05, 3.63) is 64.7 Å². The highest BCUT2D eigenvalue weighted by Gasteiger charge is 2.04. The number of halogens is 1. The summed E-state index contributed by atoms with van der Waals surface area (Å²) in [5.41, 5.74) is 11.4. The second-order valence-corrected chi connectivity index (χ2v) is 5.77. The summed E-state index contributed by atoms with van der Waals surface area (Å²) in [6, 6.07) is 14.1. The number of nitrogens with two attached hydrogens (primary N) is 1. The van der Waals surface area contributed by atoms with Crippen molar-refractivity contribution < 1.29 is 4.79 Å². The Morgan fingerprint density at radius 3 is 2.39 bits per heavy atom. The zero-order chi connectivity index (χ0) is 15.9. The third-order valence-corrected chi connectivity index (χ3v) is 3.84. The molecule has 0 aromatic heterocycles. The molecule has 0 aliphatic carbocycles. The lowest BCUT2D eigenvalue weighted by Gasteiger charge is -2.08. The molecule has 23 heavy (non-hydrogen) atoms. The SMILES string of the molecule is Cc1ccc(CCC(=O)NCCc2ccc(N)cc2)c(C)c1.Cl. The van der Waals surface area contributed by atoms with Crippen LogP contribution in [0.15, 0.2) is 42.5 Å². The molecule has 0 fully saturated rings. The molecule has 3 N–H and O–H groups in total. The average Bonchev–Trinajstić information content (AvgIpc) is 2.48. The largest absolute Gasteiger partial charge is 0.399 e. The third kappa shape index (κ3) is 6.33. The first-order valence-electron chi connectivity index (χ1n) is 7.72. The maximum Gasteiger partial charge on any atom is 0.220 e. The lowest BCUT2D eigenvalue weighted by Crippen LogP contribution is -2.25. The summed E-state index contributed by atoms with van der Waals surface area (Å²) in [7, 11) is 0. The molecular weight excluding hydrogens is 308 g/mol. The summed E-state index contributed by atoms with van der Waals surface area (Å²) in [5.74, 6) is 0.107. The minimum Gasteiger partial charge on any atom is -0.399 e. The molecule has 4 heteroatoms. The van der Waals surface area contributed by atoms with E-state index in [9.17, 15) is 4.79 Å². The highest BCUT2D eigenvalue weighted by Crippen LogP contribution is 2.12. The van der Waals surface area contributed by atoms with Gasteiger partial charge >= 0.3 is 0 Å². The number of rotatable bonds is 6. The standard InChI is InChI=1S/C19H24N2O.ClH/c1-14-3-6-17(15(2)13-14)7-10-19(22)21-12-11-16-4-8-18(20)9-5-16;/h3-6,8-9,13H,7,10-12,20H2,1-2H3,(H,21,22);1H. The normalized spacial score (nSPS) is 10.0. The number of nitrogens with one attached hydrogen (secondary N) is 1. The Hall–Kier alpha value is -2.00. The average molecular weight is 333 g/mol. The van der Waals surface area contributed by atoms with Crippen molar-refractivity contribution in [2.75, 3.05) is 12.3 Å². The molecule has 0 bridgehead atoms. The van der Waals surface area contributed by atoms with E-state index in [0.29, 0.717) is 13.0 Å². The molecule has 0 spiro atoms. The van der Waals surface area contributed by atoms with Crippen LogP contribution in [-0.2, 0) is 17.6 Å². The fraction of sp³-hybridized carbons (Fsp3) is 0.316. The van der Waals surface area contributed by atoms with Gasteiger partial charge in [0.25, 0.3) is 0 Å². The zero-order valence-corrected chi connectivity index (χ0v) is 14.6. The monoisotopic (exact) mass is 332 g/mol. The second-order valence-electron chi connectivity index (χ2n) is 5.77. The van der Waals surface area contributed by atoms with Crippen molar-refractivity contribution in [1.29, 1.82) is 0 Å². The second kappa shape index (κ2) is 9.21. The van der Waals surface area contributed by atoms with Gasteiger partial charge in [0.2, 0.25) is 5.91 Å². The van der Waals surface area contributed by atoms with Gasteiger partial charge in [-0.05, 0) is 55.5 Å². The van der Waals surface area contributed by atoms with Crippen molar-refractivity contribution in [2.24, 2.45) is 0 Å². The van der Waals surface area contributed by atoms with Crippen molar-refractivity contribution >= 4 is 24.0 Å². The molecule has 0 saturated carbocycles. The molecule has 0 radical (unpaired) electrons. The minimum atomic E-state index is 0. The van der Waals surface area contributed by atoms with Crippen LogP contribution in [0.2, 0.25) is 0 Å². The highest BCUT2D eigenvalue weighted by atomic mass is 35.5. The predicted octanol–water partition coefficient (Wildman–Crippen LogP) is 3.60. The Balaban J connectivity index is 0.00000264. The van der Waals surface area contributed by atoms with Gasteiger partial charge in [-0.15, -0.1) is 12.4 Å². The number of carbonyl (C=O) groups excluding carboxylic acids is 1. The van der Waals surface area contributed by atoms with Gasteiger partial charge < -0.3 is 11.1 Å². The maximum atomic E-state index is 11.9. The number of nitrogen functional groups attached to an aromatic ring is 1. The number of aryl methyl sites for hydroxylation is 3. The maximum absolute atomic E-state index is 11.9. The van der Waals surface area contributed by atoms with Crippen LogP contribution in [0.25, 0.3) is 0 Å². The van der Waals surface area contributed by atoms with Crippen LogP contribution >= 0.6 is 12.4 Å². The smallest absolute Gasteiger partial charge is 0.220 e. The Morgan fingerprint density at radius 1 is 1.04 bits per heavy atom. The predicted molar refractivity (Wildman–Crippen MR) is 99.1 cm³/mol. The van der Waals surface area contributed by atoms with Crippen LogP contribution in [0.5, 0.6) is 0 Å². The van der Waals surface area contributed by atoms with E-state index in [0.717, 1.165) is 18.5 Å². The number of carbonyl (C=O) groups is 1. The van der Waals surface area contributed by atoms with E-state index in [-0.39, 0.29) is 18.3 Å². The van der Waals surface area contributed by atoms with E-state index in [1.807, 2.05) is 24.3 Å². The lowest BCUT2D eigenvalue weighted by molar-refractivity contribution is -0.121. The molecule has 2 rings (SSSR count). The first-order valence-corrected chi connectivity index (χ1v) is 7.72. The first-order chi connectivity index (χ1) is 10.5. The van der Waals surface area contributed by atoms with Crippen LogP contribution < -0.4 is 11.1 Å². The number of anilines is 1. The Labute approximate surface area is 144 Å². The van der Waals surface area contributed by atoms with Crippen molar-refractivity contribution in [3.63, 3.8) is 0 Å². The first kappa shape index (κ1) is 19.0. The number of hydrogen-bond donors (Lipinski definition) is 2. The van der Waals surface area contributed by atoms with Crippen LogP contribution in [0, 0.1) is 13.8 Å². The quantitative estimate of drug-likeness (QED) is 0.794. The van der Waals surface area contributed by atoms with Crippen LogP contribution in [0.3, 0.4) is 0 Å². The van der Waals surface area contributed by atoms with Gasteiger partial charge in [0.15, 0.2) is 0 Å². The van der Waals surface area contributed by atoms with Gasteiger partial charge in [-0.1, -0.05) is 35.9 Å². The lowest BCUT2D eigenvalue weighted by atomic mass is 10.0. The van der Waals surface area contributed by atoms with Crippen molar-refractivity contribution in [3.8, 4) is 0 Å². The zero-order valence-electron chi connectivity index (χ0n) is 13.8. The van der Waals surface area contributed by atoms with Gasteiger partial charge in [0, 0.05) is 18.7 Å². The van der Waals surface area contributed by atoms with E-state index < -0.39 is 0 Å². The Morgan fingerprint density at radius 2 is 1.74 bits per heavy atom. The molecule has 2 aromatic rings. The summed E-state index contributed by atoms with van der Waals surface area (Å²) >= 11 is 0. The molecule has 3 nitrogen and oxygen atoms in total. The number of hydrogen-bond acceptors (Lipinski definition) is 2. The summed E-state index contributed by atoms with van der Waals surface area (Å²) in [4.78, 5) is 11.9. The molecule has 2 aromatic carbocycles. The molecule has 0 aliphatic heterocycles. The fourth-order valence-electron chi connectivity index (χ4n) is 2.49. The van der Waals surface area contributed by atoms with Crippen LogP contribution in [0.1, 0.15) is 28.7 Å². The summed E-state index contributed by atoms with van der Waals surface area (Å²) in [6.07, 6.45) is 2.15. The molecule has 0 saturated heterocycles. The summed E-state index contributed by atoms with van der Waals surface area (Å²) in [5, 5.41) is 2.98. The van der Waals surface area contributed by atoms with E-state index in [1.165, 1.54) is 22.3 Å². The van der Waals surface area contributed by atoms with Gasteiger partial charge in [-0.3, -0.25) is 4.79 Å². The fourth-order valence-corrected chi connectivity index (χ4v) is 2.49. The molecule has 0 aliphatic rings.